The SMILES string of the molecule is OCCn1cc(CNc2ccc(I)cc2Cl)cn1. The van der Waals surface area contributed by atoms with E-state index in [1.807, 2.05) is 24.4 Å². The van der Waals surface area contributed by atoms with Crippen LogP contribution in [0.15, 0.2) is 30.6 Å². The van der Waals surface area contributed by atoms with Crippen molar-refractivity contribution in [1.82, 2.24) is 9.78 Å². The molecule has 6 heteroatoms. The van der Waals surface area contributed by atoms with Gasteiger partial charge in [-0.05, 0) is 40.8 Å². The molecule has 18 heavy (non-hydrogen) atoms. The molecule has 0 fully saturated rings. The molecule has 2 aromatic rings. The van der Waals surface area contributed by atoms with Gasteiger partial charge >= 0.3 is 0 Å². The van der Waals surface area contributed by atoms with Crippen LogP contribution in [0.3, 0.4) is 0 Å². The second kappa shape index (κ2) is 6.40. The summed E-state index contributed by atoms with van der Waals surface area (Å²) in [6.45, 7) is 1.27. The Bertz CT molecular complexity index is 530. The molecule has 0 aliphatic rings. The smallest absolute Gasteiger partial charge is 0.0648 e. The van der Waals surface area contributed by atoms with E-state index >= 15 is 0 Å². The van der Waals surface area contributed by atoms with Crippen LogP contribution in [0.5, 0.6) is 0 Å². The highest BCUT2D eigenvalue weighted by Gasteiger charge is 2.02. The number of nitrogens with one attached hydrogen (secondary N) is 1. The summed E-state index contributed by atoms with van der Waals surface area (Å²) in [6.07, 6.45) is 3.69. The highest BCUT2D eigenvalue weighted by atomic mass is 127. The van der Waals surface area contributed by atoms with E-state index in [1.165, 1.54) is 0 Å². The van der Waals surface area contributed by atoms with Gasteiger partial charge in [0.1, 0.15) is 0 Å². The Hall–Kier alpha value is -0.790. The van der Waals surface area contributed by atoms with Gasteiger partial charge in [-0.1, -0.05) is 11.6 Å². The number of anilines is 1. The van der Waals surface area contributed by atoms with Crippen molar-refractivity contribution in [3.05, 3.63) is 44.7 Å². The number of halogens is 2. The van der Waals surface area contributed by atoms with Crippen LogP contribution in [0.25, 0.3) is 0 Å². The summed E-state index contributed by atoms with van der Waals surface area (Å²) in [4.78, 5) is 0. The fourth-order valence-electron chi connectivity index (χ4n) is 1.55. The molecule has 2 rings (SSSR count). The van der Waals surface area contributed by atoms with Crippen molar-refractivity contribution in [2.75, 3.05) is 11.9 Å². The fourth-order valence-corrected chi connectivity index (χ4v) is 2.48. The van der Waals surface area contributed by atoms with E-state index in [-0.39, 0.29) is 6.61 Å². The first-order chi connectivity index (χ1) is 8.69. The maximum atomic E-state index is 8.80. The molecule has 0 aliphatic heterocycles. The van der Waals surface area contributed by atoms with Gasteiger partial charge in [0.15, 0.2) is 0 Å². The zero-order valence-electron chi connectivity index (χ0n) is 9.61. The summed E-state index contributed by atoms with van der Waals surface area (Å²) in [5.74, 6) is 0. The van der Waals surface area contributed by atoms with E-state index in [1.54, 1.807) is 10.9 Å². The highest BCUT2D eigenvalue weighted by molar-refractivity contribution is 14.1. The van der Waals surface area contributed by atoms with Crippen molar-refractivity contribution in [3.63, 3.8) is 0 Å². The molecule has 0 amide bonds. The molecule has 0 bridgehead atoms. The minimum Gasteiger partial charge on any atom is -0.394 e. The lowest BCUT2D eigenvalue weighted by Crippen LogP contribution is -2.02. The van der Waals surface area contributed by atoms with Crippen LogP contribution in [0.4, 0.5) is 5.69 Å². The zero-order chi connectivity index (χ0) is 13.0. The summed E-state index contributed by atoms with van der Waals surface area (Å²) in [5, 5.41) is 16.9. The number of benzene rings is 1. The Morgan fingerprint density at radius 3 is 3.00 bits per heavy atom. The average Bonchev–Trinajstić information content (AvgIpc) is 2.76. The third-order valence-corrected chi connectivity index (χ3v) is 3.41. The molecule has 2 N–H and O–H groups in total. The number of aliphatic hydroxyl groups excluding tert-OH is 1. The lowest BCUT2D eigenvalue weighted by atomic mass is 10.3. The quantitative estimate of drug-likeness (QED) is 0.788. The molecule has 0 aliphatic carbocycles. The Balaban J connectivity index is 1.97. The molecule has 1 aromatic carbocycles. The summed E-state index contributed by atoms with van der Waals surface area (Å²) in [6, 6.07) is 5.88. The monoisotopic (exact) mass is 377 g/mol. The van der Waals surface area contributed by atoms with Gasteiger partial charge in [0.2, 0.25) is 0 Å². The molecule has 96 valence electrons. The first kappa shape index (κ1) is 13.6. The third-order valence-electron chi connectivity index (χ3n) is 2.43. The predicted octanol–water partition coefficient (Wildman–Crippen LogP) is 2.75. The van der Waals surface area contributed by atoms with Crippen LogP contribution in [-0.2, 0) is 13.1 Å². The molecule has 0 spiro atoms. The first-order valence-corrected chi connectivity index (χ1v) is 6.96. The molecule has 0 saturated heterocycles. The van der Waals surface area contributed by atoms with Gasteiger partial charge in [-0.2, -0.15) is 5.10 Å². The minimum atomic E-state index is 0.0947. The molecular formula is C12H13ClIN3O. The summed E-state index contributed by atoms with van der Waals surface area (Å²) in [7, 11) is 0. The maximum Gasteiger partial charge on any atom is 0.0648 e. The Morgan fingerprint density at radius 2 is 2.28 bits per heavy atom. The fraction of sp³-hybridized carbons (Fsp3) is 0.250. The van der Waals surface area contributed by atoms with E-state index in [2.05, 4.69) is 33.0 Å². The van der Waals surface area contributed by atoms with Crippen LogP contribution >= 0.6 is 34.2 Å². The summed E-state index contributed by atoms with van der Waals surface area (Å²) < 4.78 is 2.82. The first-order valence-electron chi connectivity index (χ1n) is 5.50. The zero-order valence-corrected chi connectivity index (χ0v) is 12.5. The number of nitrogens with zero attached hydrogens (tertiary/aromatic N) is 2. The summed E-state index contributed by atoms with van der Waals surface area (Å²) >= 11 is 8.35. The average molecular weight is 378 g/mol. The van der Waals surface area contributed by atoms with Crippen molar-refractivity contribution in [2.24, 2.45) is 0 Å². The number of aliphatic hydroxyl groups is 1. The molecule has 0 unspecified atom stereocenters. The van der Waals surface area contributed by atoms with Gasteiger partial charge in [0.25, 0.3) is 0 Å². The number of aromatic nitrogens is 2. The normalized spacial score (nSPS) is 10.6. The Kier molecular flexibility index (Phi) is 4.85. The largest absolute Gasteiger partial charge is 0.394 e. The van der Waals surface area contributed by atoms with Crippen molar-refractivity contribution < 1.29 is 5.11 Å². The van der Waals surface area contributed by atoms with Gasteiger partial charge in [0, 0.05) is 21.9 Å². The second-order valence-electron chi connectivity index (χ2n) is 3.81. The van der Waals surface area contributed by atoms with Crippen molar-refractivity contribution in [1.29, 1.82) is 0 Å². The van der Waals surface area contributed by atoms with E-state index < -0.39 is 0 Å². The van der Waals surface area contributed by atoms with Gasteiger partial charge in [0.05, 0.1) is 30.1 Å². The van der Waals surface area contributed by atoms with Gasteiger partial charge in [-0.25, -0.2) is 0 Å². The molecule has 1 aromatic heterocycles. The van der Waals surface area contributed by atoms with E-state index in [4.69, 9.17) is 16.7 Å². The van der Waals surface area contributed by atoms with Gasteiger partial charge in [-0.15, -0.1) is 0 Å². The van der Waals surface area contributed by atoms with Crippen LogP contribution < -0.4 is 5.32 Å². The van der Waals surface area contributed by atoms with Crippen molar-refractivity contribution in [3.8, 4) is 0 Å². The van der Waals surface area contributed by atoms with Crippen LogP contribution in [0, 0.1) is 3.57 Å². The van der Waals surface area contributed by atoms with Crippen LogP contribution in [0.1, 0.15) is 5.56 Å². The van der Waals surface area contributed by atoms with E-state index in [9.17, 15) is 0 Å². The number of hydrogen-bond acceptors (Lipinski definition) is 3. The van der Waals surface area contributed by atoms with Crippen LogP contribution in [0.2, 0.25) is 5.02 Å². The third kappa shape index (κ3) is 3.60. The maximum absolute atomic E-state index is 8.80. The Morgan fingerprint density at radius 1 is 1.44 bits per heavy atom. The van der Waals surface area contributed by atoms with E-state index in [0.29, 0.717) is 18.1 Å². The van der Waals surface area contributed by atoms with Gasteiger partial charge in [-0.3, -0.25) is 4.68 Å². The molecule has 0 saturated carbocycles. The van der Waals surface area contributed by atoms with Gasteiger partial charge < -0.3 is 10.4 Å². The second-order valence-corrected chi connectivity index (χ2v) is 5.47. The lowest BCUT2D eigenvalue weighted by Gasteiger charge is -2.07. The molecule has 4 nitrogen and oxygen atoms in total. The molecule has 1 heterocycles. The number of hydrogen-bond donors (Lipinski definition) is 2. The molecule has 0 radical (unpaired) electrons. The standard InChI is InChI=1S/C12H13ClIN3O/c13-11-5-10(14)1-2-12(11)15-6-9-7-16-17(8-9)3-4-18/h1-2,5,7-8,15,18H,3-4,6H2. The molecule has 0 atom stereocenters. The van der Waals surface area contributed by atoms with Crippen LogP contribution in [-0.4, -0.2) is 21.5 Å². The molecular weight excluding hydrogens is 365 g/mol. The number of rotatable bonds is 5. The topological polar surface area (TPSA) is 50.1 Å². The van der Waals surface area contributed by atoms with Crippen molar-refractivity contribution >= 4 is 39.9 Å². The Labute approximate surface area is 124 Å². The predicted molar refractivity (Wildman–Crippen MR) is 80.8 cm³/mol. The lowest BCUT2D eigenvalue weighted by molar-refractivity contribution is 0.269. The van der Waals surface area contributed by atoms with Crippen molar-refractivity contribution in [2.45, 2.75) is 13.1 Å². The van der Waals surface area contributed by atoms with E-state index in [0.717, 1.165) is 14.8 Å². The minimum absolute atomic E-state index is 0.0947. The highest BCUT2D eigenvalue weighted by Crippen LogP contribution is 2.24. The summed E-state index contributed by atoms with van der Waals surface area (Å²) in [5.41, 5.74) is 1.96.